The van der Waals surface area contributed by atoms with Crippen molar-refractivity contribution in [2.75, 3.05) is 33.2 Å². The third-order valence-corrected chi connectivity index (χ3v) is 3.26. The Morgan fingerprint density at radius 3 is 2.44 bits per heavy atom. The van der Waals surface area contributed by atoms with Gasteiger partial charge in [0.1, 0.15) is 0 Å². The number of rotatable bonds is 2. The molecule has 0 unspecified atom stereocenters. The first-order valence-electron chi connectivity index (χ1n) is 6.28. The molecule has 0 amide bonds. The molecule has 1 aliphatic heterocycles. The van der Waals surface area contributed by atoms with Gasteiger partial charge in [-0.25, -0.2) is 5.84 Å². The summed E-state index contributed by atoms with van der Waals surface area (Å²) in [5.41, 5.74) is 4.01. The van der Waals surface area contributed by atoms with Gasteiger partial charge in [0, 0.05) is 39.8 Å². The van der Waals surface area contributed by atoms with E-state index in [1.165, 1.54) is 5.56 Å². The highest BCUT2D eigenvalue weighted by Crippen LogP contribution is 2.08. The molecule has 5 nitrogen and oxygen atoms in total. The maximum atomic E-state index is 5.44. The largest absolute Gasteiger partial charge is 0.339 e. The molecule has 0 atom stereocenters. The summed E-state index contributed by atoms with van der Waals surface area (Å²) in [6.07, 6.45) is 0. The molecular formula is C13H21N5. The summed E-state index contributed by atoms with van der Waals surface area (Å²) in [7, 11) is 1.76. The zero-order valence-corrected chi connectivity index (χ0v) is 10.8. The van der Waals surface area contributed by atoms with Gasteiger partial charge in [-0.15, -0.1) is 0 Å². The molecular weight excluding hydrogens is 226 g/mol. The lowest BCUT2D eigenvalue weighted by Gasteiger charge is -2.36. The first-order chi connectivity index (χ1) is 8.83. The second kappa shape index (κ2) is 6.37. The molecule has 1 aromatic rings. The average Bonchev–Trinajstić information content (AvgIpc) is 2.43. The highest BCUT2D eigenvalue weighted by molar-refractivity contribution is 5.79. The van der Waals surface area contributed by atoms with Crippen molar-refractivity contribution in [1.82, 2.24) is 15.2 Å². The molecule has 0 spiro atoms. The lowest BCUT2D eigenvalue weighted by Crippen LogP contribution is -2.53. The number of nitrogens with two attached hydrogens (primary N) is 1. The van der Waals surface area contributed by atoms with E-state index in [9.17, 15) is 0 Å². The van der Waals surface area contributed by atoms with Crippen LogP contribution in [-0.4, -0.2) is 49.0 Å². The van der Waals surface area contributed by atoms with Crippen molar-refractivity contribution in [2.24, 2.45) is 10.8 Å². The lowest BCUT2D eigenvalue weighted by atomic mass is 10.2. The molecule has 0 saturated carbocycles. The van der Waals surface area contributed by atoms with Crippen LogP contribution in [0.1, 0.15) is 5.56 Å². The highest BCUT2D eigenvalue weighted by atomic mass is 15.4. The minimum Gasteiger partial charge on any atom is -0.339 e. The Morgan fingerprint density at radius 1 is 1.22 bits per heavy atom. The molecule has 1 aliphatic rings. The third-order valence-electron chi connectivity index (χ3n) is 3.26. The van der Waals surface area contributed by atoms with Crippen molar-refractivity contribution < 1.29 is 0 Å². The minimum absolute atomic E-state index is 0.773. The van der Waals surface area contributed by atoms with Gasteiger partial charge >= 0.3 is 0 Å². The van der Waals surface area contributed by atoms with Crippen molar-refractivity contribution in [1.29, 1.82) is 0 Å². The Labute approximate surface area is 108 Å². The normalized spacial score (nSPS) is 17.9. The van der Waals surface area contributed by atoms with Crippen LogP contribution in [0.3, 0.4) is 0 Å². The molecule has 1 aromatic carbocycles. The van der Waals surface area contributed by atoms with Crippen molar-refractivity contribution >= 4 is 5.96 Å². The van der Waals surface area contributed by atoms with E-state index in [-0.39, 0.29) is 0 Å². The Kier molecular flexibility index (Phi) is 4.55. The van der Waals surface area contributed by atoms with E-state index in [0.29, 0.717) is 0 Å². The molecule has 0 aliphatic carbocycles. The van der Waals surface area contributed by atoms with E-state index in [2.05, 4.69) is 50.5 Å². The number of piperazine rings is 1. The summed E-state index contributed by atoms with van der Waals surface area (Å²) in [4.78, 5) is 8.76. The second-order valence-electron chi connectivity index (χ2n) is 4.44. The number of hydrogen-bond acceptors (Lipinski definition) is 3. The van der Waals surface area contributed by atoms with Crippen molar-refractivity contribution in [3.8, 4) is 0 Å². The zero-order valence-electron chi connectivity index (χ0n) is 10.8. The molecule has 1 heterocycles. The van der Waals surface area contributed by atoms with Crippen molar-refractivity contribution in [2.45, 2.75) is 6.54 Å². The topological polar surface area (TPSA) is 56.9 Å². The summed E-state index contributed by atoms with van der Waals surface area (Å²) >= 11 is 0. The number of aliphatic imine (C=N–C) groups is 1. The van der Waals surface area contributed by atoms with E-state index < -0.39 is 0 Å². The predicted octanol–water partition coefficient (Wildman–Crippen LogP) is 0.253. The fraction of sp³-hybridized carbons (Fsp3) is 0.462. The Balaban J connectivity index is 1.84. The van der Waals surface area contributed by atoms with Crippen LogP contribution < -0.4 is 11.3 Å². The van der Waals surface area contributed by atoms with E-state index in [4.69, 9.17) is 5.84 Å². The van der Waals surface area contributed by atoms with Crippen LogP contribution in [0.4, 0.5) is 0 Å². The average molecular weight is 247 g/mol. The molecule has 0 bridgehead atoms. The molecule has 18 heavy (non-hydrogen) atoms. The molecule has 3 N–H and O–H groups in total. The molecule has 1 saturated heterocycles. The van der Waals surface area contributed by atoms with E-state index >= 15 is 0 Å². The van der Waals surface area contributed by atoms with Gasteiger partial charge in [-0.2, -0.15) is 0 Å². The third kappa shape index (κ3) is 3.21. The molecule has 5 heteroatoms. The van der Waals surface area contributed by atoms with Gasteiger partial charge in [0.15, 0.2) is 0 Å². The number of nitrogens with one attached hydrogen (secondary N) is 1. The Morgan fingerprint density at radius 2 is 1.89 bits per heavy atom. The van der Waals surface area contributed by atoms with Gasteiger partial charge in [0.25, 0.3) is 0 Å². The van der Waals surface area contributed by atoms with Crippen LogP contribution in [0.25, 0.3) is 0 Å². The predicted molar refractivity (Wildman–Crippen MR) is 74.0 cm³/mol. The van der Waals surface area contributed by atoms with E-state index in [1.54, 1.807) is 7.05 Å². The van der Waals surface area contributed by atoms with Crippen LogP contribution >= 0.6 is 0 Å². The van der Waals surface area contributed by atoms with Crippen molar-refractivity contribution in [3.63, 3.8) is 0 Å². The van der Waals surface area contributed by atoms with Crippen LogP contribution in [0.5, 0.6) is 0 Å². The van der Waals surface area contributed by atoms with Gasteiger partial charge in [-0.05, 0) is 5.56 Å². The Hall–Kier alpha value is -1.59. The van der Waals surface area contributed by atoms with Crippen LogP contribution in [-0.2, 0) is 6.54 Å². The SMILES string of the molecule is CN=C(NN)N1CCN(Cc2ccccc2)CC1. The van der Waals surface area contributed by atoms with Gasteiger partial charge in [0.05, 0.1) is 0 Å². The number of hydrogen-bond donors (Lipinski definition) is 2. The summed E-state index contributed by atoms with van der Waals surface area (Å²) in [6, 6.07) is 10.6. The molecule has 1 fully saturated rings. The van der Waals surface area contributed by atoms with Gasteiger partial charge in [-0.3, -0.25) is 15.3 Å². The number of hydrazine groups is 1. The van der Waals surface area contributed by atoms with Gasteiger partial charge < -0.3 is 4.90 Å². The molecule has 98 valence electrons. The summed E-state index contributed by atoms with van der Waals surface area (Å²) in [6.45, 7) is 5.02. The smallest absolute Gasteiger partial charge is 0.208 e. The van der Waals surface area contributed by atoms with Crippen LogP contribution in [0, 0.1) is 0 Å². The standard InChI is InChI=1S/C13H21N5/c1-15-13(16-14)18-9-7-17(8-10-18)11-12-5-3-2-4-6-12/h2-6H,7-11,14H2,1H3,(H,15,16). The van der Waals surface area contributed by atoms with Crippen LogP contribution in [0.2, 0.25) is 0 Å². The first kappa shape index (κ1) is 12.9. The second-order valence-corrected chi connectivity index (χ2v) is 4.44. The molecule has 2 rings (SSSR count). The quantitative estimate of drug-likeness (QED) is 0.340. The van der Waals surface area contributed by atoms with E-state index in [1.807, 2.05) is 0 Å². The fourth-order valence-electron chi connectivity index (χ4n) is 2.26. The van der Waals surface area contributed by atoms with Crippen LogP contribution in [0.15, 0.2) is 35.3 Å². The number of guanidine groups is 1. The highest BCUT2D eigenvalue weighted by Gasteiger charge is 2.18. The molecule has 0 aromatic heterocycles. The number of nitrogens with zero attached hydrogens (tertiary/aromatic N) is 3. The first-order valence-corrected chi connectivity index (χ1v) is 6.28. The summed E-state index contributed by atoms with van der Waals surface area (Å²) < 4.78 is 0. The van der Waals surface area contributed by atoms with Gasteiger partial charge in [-0.1, -0.05) is 30.3 Å². The zero-order chi connectivity index (χ0) is 12.8. The Bertz CT molecular complexity index is 382. The lowest BCUT2D eigenvalue weighted by molar-refractivity contribution is 0.172. The summed E-state index contributed by atoms with van der Waals surface area (Å²) in [5, 5.41) is 0. The molecule has 0 radical (unpaired) electrons. The maximum absolute atomic E-state index is 5.44. The minimum atomic E-state index is 0.773. The number of benzene rings is 1. The van der Waals surface area contributed by atoms with Crippen molar-refractivity contribution in [3.05, 3.63) is 35.9 Å². The fourth-order valence-corrected chi connectivity index (χ4v) is 2.26. The monoisotopic (exact) mass is 247 g/mol. The van der Waals surface area contributed by atoms with E-state index in [0.717, 1.165) is 38.7 Å². The maximum Gasteiger partial charge on any atom is 0.208 e. The van der Waals surface area contributed by atoms with Gasteiger partial charge in [0.2, 0.25) is 5.96 Å². The summed E-state index contributed by atoms with van der Waals surface area (Å²) in [5.74, 6) is 6.21.